The molecule has 0 unspecified atom stereocenters. The number of fused-ring (bicyclic) bond motifs is 1. The highest BCUT2D eigenvalue weighted by Crippen LogP contribution is 2.26. The molecule has 0 spiro atoms. The number of hydrogen-bond donors (Lipinski definition) is 1. The molecule has 0 atom stereocenters. The first kappa shape index (κ1) is 17.7. The number of piperidine rings is 1. The van der Waals surface area contributed by atoms with Crippen molar-refractivity contribution in [2.24, 2.45) is 0 Å². The summed E-state index contributed by atoms with van der Waals surface area (Å²) in [7, 11) is 0. The van der Waals surface area contributed by atoms with Crippen LogP contribution >= 0.6 is 11.3 Å². The van der Waals surface area contributed by atoms with Gasteiger partial charge < -0.3 is 10.0 Å². The highest BCUT2D eigenvalue weighted by Gasteiger charge is 2.21. The van der Waals surface area contributed by atoms with E-state index in [9.17, 15) is 15.2 Å². The summed E-state index contributed by atoms with van der Waals surface area (Å²) in [6, 6.07) is 9.55. The van der Waals surface area contributed by atoms with Gasteiger partial charge in [0.25, 0.3) is 5.56 Å². The molecule has 0 bridgehead atoms. The first-order chi connectivity index (χ1) is 13.2. The summed E-state index contributed by atoms with van der Waals surface area (Å²) < 4.78 is 2.23. The fourth-order valence-corrected chi connectivity index (χ4v) is 4.51. The molecule has 6 nitrogen and oxygen atoms in total. The third-order valence-corrected chi connectivity index (χ3v) is 6.01. The van der Waals surface area contributed by atoms with Gasteiger partial charge in [-0.15, -0.1) is 11.3 Å². The van der Waals surface area contributed by atoms with Crippen LogP contribution in [0.4, 0.5) is 5.95 Å². The summed E-state index contributed by atoms with van der Waals surface area (Å²) in [5, 5.41) is 20.8. The third kappa shape index (κ3) is 3.22. The minimum atomic E-state index is -0.132. The second-order valence-corrected chi connectivity index (χ2v) is 7.60. The molecular weight excluding hydrogens is 360 g/mol. The maximum Gasteiger partial charge on any atom is 0.273 e. The van der Waals surface area contributed by atoms with Crippen molar-refractivity contribution in [3.8, 4) is 6.07 Å². The lowest BCUT2D eigenvalue weighted by Gasteiger charge is -2.29. The molecule has 0 radical (unpaired) electrons. The van der Waals surface area contributed by atoms with Crippen LogP contribution in [0.2, 0.25) is 0 Å². The van der Waals surface area contributed by atoms with E-state index in [-0.39, 0.29) is 12.2 Å². The molecule has 27 heavy (non-hydrogen) atoms. The monoisotopic (exact) mass is 380 g/mol. The third-order valence-electron chi connectivity index (χ3n) is 5.01. The zero-order valence-electron chi connectivity index (χ0n) is 14.9. The van der Waals surface area contributed by atoms with Gasteiger partial charge in [0.05, 0.1) is 30.3 Å². The van der Waals surface area contributed by atoms with Crippen molar-refractivity contribution in [2.45, 2.75) is 32.4 Å². The number of nitrogens with zero attached hydrogens (tertiary/aromatic N) is 4. The number of hydrogen-bond acceptors (Lipinski definition) is 6. The van der Waals surface area contributed by atoms with Gasteiger partial charge in [0.2, 0.25) is 5.95 Å². The molecule has 138 valence electrons. The van der Waals surface area contributed by atoms with E-state index in [2.05, 4.69) is 11.0 Å². The van der Waals surface area contributed by atoms with Gasteiger partial charge in [-0.3, -0.25) is 9.36 Å². The Morgan fingerprint density at radius 2 is 1.96 bits per heavy atom. The SMILES string of the molecule is N#Cc1ccccc1Cn1c(N2CCCCC2)nc2c(CO)csc2c1=O. The van der Waals surface area contributed by atoms with Crippen LogP contribution in [-0.4, -0.2) is 27.7 Å². The Bertz CT molecular complexity index is 1070. The number of aromatic nitrogens is 2. The van der Waals surface area contributed by atoms with E-state index < -0.39 is 0 Å². The Balaban J connectivity index is 1.90. The van der Waals surface area contributed by atoms with Gasteiger partial charge >= 0.3 is 0 Å². The van der Waals surface area contributed by atoms with E-state index in [4.69, 9.17) is 4.98 Å². The van der Waals surface area contributed by atoms with Crippen LogP contribution in [0.5, 0.6) is 0 Å². The summed E-state index contributed by atoms with van der Waals surface area (Å²) in [4.78, 5) is 20.2. The minimum Gasteiger partial charge on any atom is -0.392 e. The molecular formula is C20H20N4O2S. The Hall–Kier alpha value is -2.69. The first-order valence-electron chi connectivity index (χ1n) is 9.07. The van der Waals surface area contributed by atoms with Crippen molar-refractivity contribution in [3.05, 3.63) is 56.7 Å². The average molecular weight is 380 g/mol. The lowest BCUT2D eigenvalue weighted by molar-refractivity contribution is 0.283. The number of anilines is 1. The first-order valence-corrected chi connectivity index (χ1v) is 9.95. The largest absolute Gasteiger partial charge is 0.392 e. The molecule has 4 rings (SSSR count). The molecule has 2 aromatic heterocycles. The zero-order chi connectivity index (χ0) is 18.8. The Kier molecular flexibility index (Phi) is 4.92. The highest BCUT2D eigenvalue weighted by atomic mass is 32.1. The predicted octanol–water partition coefficient (Wildman–Crippen LogP) is 2.86. The van der Waals surface area contributed by atoms with Gasteiger partial charge in [0, 0.05) is 18.7 Å². The summed E-state index contributed by atoms with van der Waals surface area (Å²) in [6.07, 6.45) is 3.32. The van der Waals surface area contributed by atoms with Crippen molar-refractivity contribution in [3.63, 3.8) is 0 Å². The normalized spacial score (nSPS) is 14.4. The highest BCUT2D eigenvalue weighted by molar-refractivity contribution is 7.17. The van der Waals surface area contributed by atoms with Crippen LogP contribution in [-0.2, 0) is 13.2 Å². The molecule has 0 saturated carbocycles. The number of benzene rings is 1. The quantitative estimate of drug-likeness (QED) is 0.753. The molecule has 3 heterocycles. The molecule has 1 aliphatic rings. The Morgan fingerprint density at radius 3 is 2.70 bits per heavy atom. The molecule has 1 N–H and O–H groups in total. The average Bonchev–Trinajstić information content (AvgIpc) is 3.14. The van der Waals surface area contributed by atoms with Gasteiger partial charge in [-0.05, 0) is 36.3 Å². The van der Waals surface area contributed by atoms with Gasteiger partial charge in [0.1, 0.15) is 4.70 Å². The van der Waals surface area contributed by atoms with E-state index in [1.165, 1.54) is 17.8 Å². The van der Waals surface area contributed by atoms with Crippen LogP contribution < -0.4 is 10.5 Å². The van der Waals surface area contributed by atoms with Crippen molar-refractivity contribution in [1.29, 1.82) is 5.26 Å². The second kappa shape index (κ2) is 7.51. The molecule has 0 aliphatic carbocycles. The topological polar surface area (TPSA) is 82.2 Å². The number of rotatable bonds is 4. The van der Waals surface area contributed by atoms with E-state index in [0.717, 1.165) is 31.5 Å². The van der Waals surface area contributed by atoms with Crippen molar-refractivity contribution >= 4 is 27.5 Å². The van der Waals surface area contributed by atoms with Crippen LogP contribution in [0.25, 0.3) is 10.2 Å². The maximum absolute atomic E-state index is 13.3. The Morgan fingerprint density at radius 1 is 1.19 bits per heavy atom. The smallest absolute Gasteiger partial charge is 0.273 e. The summed E-state index contributed by atoms with van der Waals surface area (Å²) in [5.41, 5.74) is 2.54. The second-order valence-electron chi connectivity index (χ2n) is 6.72. The summed E-state index contributed by atoms with van der Waals surface area (Å²) in [6.45, 7) is 1.89. The van der Waals surface area contributed by atoms with Gasteiger partial charge in [-0.25, -0.2) is 4.98 Å². The van der Waals surface area contributed by atoms with E-state index >= 15 is 0 Å². The van der Waals surface area contributed by atoms with Crippen LogP contribution in [0.1, 0.15) is 36.0 Å². The molecule has 1 aliphatic heterocycles. The molecule has 1 fully saturated rings. The van der Waals surface area contributed by atoms with E-state index in [1.54, 1.807) is 16.0 Å². The van der Waals surface area contributed by atoms with Crippen LogP contribution in [0, 0.1) is 11.3 Å². The lowest BCUT2D eigenvalue weighted by Crippen LogP contribution is -2.36. The van der Waals surface area contributed by atoms with Crippen LogP contribution in [0.15, 0.2) is 34.4 Å². The van der Waals surface area contributed by atoms with E-state index in [1.807, 2.05) is 18.2 Å². The van der Waals surface area contributed by atoms with Crippen LogP contribution in [0.3, 0.4) is 0 Å². The number of aliphatic hydroxyl groups excluding tert-OH is 1. The summed E-state index contributed by atoms with van der Waals surface area (Å²) >= 11 is 1.32. The molecule has 1 saturated heterocycles. The van der Waals surface area contributed by atoms with E-state index in [0.29, 0.717) is 33.8 Å². The molecule has 3 aromatic rings. The van der Waals surface area contributed by atoms with Crippen molar-refractivity contribution < 1.29 is 5.11 Å². The summed E-state index contributed by atoms with van der Waals surface area (Å²) in [5.74, 6) is 0.632. The Labute approximate surface area is 160 Å². The predicted molar refractivity (Wildman–Crippen MR) is 106 cm³/mol. The maximum atomic E-state index is 13.3. The molecule has 1 aromatic carbocycles. The van der Waals surface area contributed by atoms with Gasteiger partial charge in [0.15, 0.2) is 0 Å². The number of nitriles is 1. The molecule has 0 amide bonds. The van der Waals surface area contributed by atoms with Gasteiger partial charge in [-0.2, -0.15) is 5.26 Å². The standard InChI is InChI=1S/C20H20N4O2S/c21-10-14-6-2-3-7-15(14)11-24-19(26)18-17(16(12-25)13-27-18)22-20(24)23-8-4-1-5-9-23/h2-3,6-7,13,25H,1,4-5,8-9,11-12H2. The number of thiophene rings is 1. The minimum absolute atomic E-state index is 0.113. The fraction of sp³-hybridized carbons (Fsp3) is 0.350. The van der Waals surface area contributed by atoms with Crippen molar-refractivity contribution in [2.75, 3.05) is 18.0 Å². The number of aliphatic hydroxyl groups is 1. The molecule has 7 heteroatoms. The van der Waals surface area contributed by atoms with Crippen molar-refractivity contribution in [1.82, 2.24) is 9.55 Å². The fourth-order valence-electron chi connectivity index (χ4n) is 3.56. The van der Waals surface area contributed by atoms with Gasteiger partial charge in [-0.1, -0.05) is 18.2 Å². The lowest BCUT2D eigenvalue weighted by atomic mass is 10.1. The zero-order valence-corrected chi connectivity index (χ0v) is 15.7.